The van der Waals surface area contributed by atoms with Crippen LogP contribution in [-0.4, -0.2) is 77.8 Å². The molecule has 0 saturated heterocycles. The third-order valence-electron chi connectivity index (χ3n) is 7.86. The molecule has 0 spiro atoms. The summed E-state index contributed by atoms with van der Waals surface area (Å²) in [5.41, 5.74) is 2.43. The van der Waals surface area contributed by atoms with Crippen molar-refractivity contribution in [2.75, 3.05) is 32.1 Å². The molecule has 5 rings (SSSR count). The van der Waals surface area contributed by atoms with E-state index < -0.39 is 18.1 Å². The van der Waals surface area contributed by atoms with Crippen LogP contribution >= 0.6 is 11.3 Å². The fourth-order valence-corrected chi connectivity index (χ4v) is 6.12. The van der Waals surface area contributed by atoms with Gasteiger partial charge in [-0.25, -0.2) is 9.18 Å². The molecule has 0 radical (unpaired) electrons. The Balaban J connectivity index is 1.27. The number of aromatic nitrogens is 2. The molecule has 3 aromatic heterocycles. The highest BCUT2D eigenvalue weighted by atomic mass is 32.1. The number of benzene rings is 1. The van der Waals surface area contributed by atoms with Crippen LogP contribution in [0.1, 0.15) is 39.2 Å². The Labute approximate surface area is 293 Å². The second-order valence-electron chi connectivity index (χ2n) is 12.4. The molecule has 1 unspecified atom stereocenters. The monoisotopic (exact) mass is 706 g/mol. The minimum Gasteiger partial charge on any atom is -0.839 e. The van der Waals surface area contributed by atoms with Gasteiger partial charge in [-0.3, -0.25) is 19.6 Å². The van der Waals surface area contributed by atoms with Gasteiger partial charge in [-0.1, -0.05) is 26.1 Å². The quantitative estimate of drug-likeness (QED) is 0.126. The maximum absolute atomic E-state index is 15.0. The first kappa shape index (κ1) is 36.6. The van der Waals surface area contributed by atoms with E-state index in [0.717, 1.165) is 23.3 Å². The summed E-state index contributed by atoms with van der Waals surface area (Å²) < 4.78 is 26.9. The van der Waals surface area contributed by atoms with Crippen molar-refractivity contribution < 1.29 is 33.4 Å². The minimum atomic E-state index is -1.35. The van der Waals surface area contributed by atoms with Gasteiger partial charge in [0.2, 0.25) is 11.8 Å². The summed E-state index contributed by atoms with van der Waals surface area (Å²) >= 11 is 1.40. The SMILES string of the molecule is COCCN(Cc1ccc(-c2cc3nccc(Oc4ccc(NC(=O)NC5CC5)cc4F)c3s2)nc1)C(=O)[C@@H](NC([O-])CNC(C)=O)C(C)C. The van der Waals surface area contributed by atoms with Crippen LogP contribution in [0.25, 0.3) is 20.8 Å². The average Bonchev–Trinajstić information content (AvgIpc) is 3.78. The number of anilines is 1. The van der Waals surface area contributed by atoms with E-state index in [1.165, 1.54) is 30.4 Å². The van der Waals surface area contributed by atoms with Gasteiger partial charge >= 0.3 is 6.03 Å². The summed E-state index contributed by atoms with van der Waals surface area (Å²) in [6.07, 6.45) is 3.82. The topological polar surface area (TPSA) is 170 Å². The number of methoxy groups -OCH3 is 1. The molecule has 13 nitrogen and oxygen atoms in total. The molecule has 0 aliphatic heterocycles. The molecule has 1 aliphatic rings. The second kappa shape index (κ2) is 16.8. The Morgan fingerprint density at radius 1 is 1.10 bits per heavy atom. The predicted octanol–water partition coefficient (Wildman–Crippen LogP) is 3.99. The molecule has 15 heteroatoms. The van der Waals surface area contributed by atoms with Crippen molar-refractivity contribution in [3.8, 4) is 22.1 Å². The van der Waals surface area contributed by atoms with E-state index in [9.17, 15) is 23.9 Å². The van der Waals surface area contributed by atoms with Crippen LogP contribution in [0, 0.1) is 11.7 Å². The highest BCUT2D eigenvalue weighted by Gasteiger charge is 2.28. The van der Waals surface area contributed by atoms with Gasteiger partial charge in [-0.05, 0) is 48.6 Å². The molecule has 3 heterocycles. The maximum Gasteiger partial charge on any atom is 0.319 e. The Hall–Kier alpha value is -4.70. The van der Waals surface area contributed by atoms with Crippen molar-refractivity contribution in [2.24, 2.45) is 5.92 Å². The molecule has 4 amide bonds. The highest BCUT2D eigenvalue weighted by molar-refractivity contribution is 7.22. The first-order valence-corrected chi connectivity index (χ1v) is 17.1. The number of urea groups is 1. The fraction of sp³-hybridized carbons (Fsp3) is 0.400. The molecule has 2 atom stereocenters. The lowest BCUT2D eigenvalue weighted by Gasteiger charge is -2.35. The Kier molecular flexibility index (Phi) is 12.3. The molecule has 0 bridgehead atoms. The van der Waals surface area contributed by atoms with Crippen molar-refractivity contribution >= 4 is 45.1 Å². The number of hydrogen-bond donors (Lipinski definition) is 4. The number of pyridine rings is 2. The van der Waals surface area contributed by atoms with Gasteiger partial charge in [0.1, 0.15) is 5.75 Å². The molecule has 4 aromatic rings. The van der Waals surface area contributed by atoms with Gasteiger partial charge in [0.05, 0.1) is 33.4 Å². The van der Waals surface area contributed by atoms with Gasteiger partial charge < -0.3 is 40.7 Å². The van der Waals surface area contributed by atoms with E-state index in [1.54, 1.807) is 36.5 Å². The van der Waals surface area contributed by atoms with Crippen molar-refractivity contribution in [1.82, 2.24) is 30.8 Å². The number of ether oxygens (including phenoxy) is 2. The van der Waals surface area contributed by atoms with E-state index in [1.807, 2.05) is 32.0 Å². The van der Waals surface area contributed by atoms with Crippen LogP contribution in [0.3, 0.4) is 0 Å². The van der Waals surface area contributed by atoms with Gasteiger partial charge in [0.15, 0.2) is 11.6 Å². The van der Waals surface area contributed by atoms with Crippen LogP contribution in [0.4, 0.5) is 14.9 Å². The lowest BCUT2D eigenvalue weighted by Crippen LogP contribution is -2.59. The van der Waals surface area contributed by atoms with Crippen molar-refractivity contribution in [3.63, 3.8) is 0 Å². The second-order valence-corrected chi connectivity index (χ2v) is 13.4. The molecule has 1 aromatic carbocycles. The summed E-state index contributed by atoms with van der Waals surface area (Å²) in [5.74, 6) is -0.958. The third kappa shape index (κ3) is 9.94. The lowest BCUT2D eigenvalue weighted by molar-refractivity contribution is -0.427. The summed E-state index contributed by atoms with van der Waals surface area (Å²) in [6.45, 7) is 5.74. The maximum atomic E-state index is 15.0. The number of amides is 4. The van der Waals surface area contributed by atoms with Gasteiger partial charge in [0, 0.05) is 69.9 Å². The molecular weight excluding hydrogens is 665 g/mol. The molecule has 1 saturated carbocycles. The van der Waals surface area contributed by atoms with Crippen LogP contribution in [0.5, 0.6) is 11.5 Å². The van der Waals surface area contributed by atoms with Crippen molar-refractivity contribution in [1.29, 1.82) is 0 Å². The fourth-order valence-electron chi connectivity index (χ4n) is 5.08. The number of nitrogens with zero attached hydrogens (tertiary/aromatic N) is 3. The first-order chi connectivity index (χ1) is 24.0. The number of nitrogens with one attached hydrogen (secondary N) is 4. The van der Waals surface area contributed by atoms with E-state index >= 15 is 0 Å². The smallest absolute Gasteiger partial charge is 0.319 e. The summed E-state index contributed by atoms with van der Waals surface area (Å²) in [6, 6.07) is 10.6. The Morgan fingerprint density at radius 2 is 1.90 bits per heavy atom. The Morgan fingerprint density at radius 3 is 2.56 bits per heavy atom. The van der Waals surface area contributed by atoms with Crippen molar-refractivity contribution in [3.05, 3.63) is 66.2 Å². The van der Waals surface area contributed by atoms with Crippen LogP contribution in [0.15, 0.2) is 54.9 Å². The number of carbonyl (C=O) groups excluding carboxylic acids is 3. The third-order valence-corrected chi connectivity index (χ3v) is 9.02. The van der Waals surface area contributed by atoms with Crippen LogP contribution in [0.2, 0.25) is 0 Å². The first-order valence-electron chi connectivity index (χ1n) is 16.3. The summed E-state index contributed by atoms with van der Waals surface area (Å²) in [4.78, 5) is 48.5. The highest BCUT2D eigenvalue weighted by Crippen LogP contribution is 2.39. The zero-order valence-corrected chi connectivity index (χ0v) is 29.1. The predicted molar refractivity (Wildman–Crippen MR) is 186 cm³/mol. The van der Waals surface area contributed by atoms with E-state index in [-0.39, 0.29) is 48.6 Å². The molecular formula is C35H41FN7O6S-. The minimum absolute atomic E-state index is 0.00376. The normalized spacial score (nSPS) is 13.9. The van der Waals surface area contributed by atoms with E-state index in [2.05, 4.69) is 31.2 Å². The number of rotatable bonds is 16. The number of thiophene rings is 1. The molecule has 4 N–H and O–H groups in total. The lowest BCUT2D eigenvalue weighted by atomic mass is 10.0. The number of hydrogen-bond acceptors (Lipinski definition) is 10. The van der Waals surface area contributed by atoms with Crippen LogP contribution in [-0.2, 0) is 20.9 Å². The zero-order chi connectivity index (χ0) is 35.8. The summed E-state index contributed by atoms with van der Waals surface area (Å²) in [7, 11) is 1.55. The Bertz CT molecular complexity index is 1800. The number of fused-ring (bicyclic) bond motifs is 1. The van der Waals surface area contributed by atoms with Gasteiger partial charge in [-0.15, -0.1) is 11.3 Å². The van der Waals surface area contributed by atoms with Gasteiger partial charge in [0.25, 0.3) is 0 Å². The average molecular weight is 707 g/mol. The standard InChI is InChI=1S/C35H41FN7O6S/c1-20(2)32(42-31(45)18-38-21(3)44)34(46)43(13-14-48-4)19-22-5-9-26(39-17-22)30-16-27-33(50-30)29(11-12-37-27)49-28-10-8-24(15-25(28)36)41-35(47)40-23-6-7-23/h5,8-12,15-17,20,23,31-32,42H,6-7,13-14,18-19H2,1-4H3,(H,38,44)(H2,40,41,47)/q-1/t31?,32-/m0/s1. The molecule has 266 valence electrons. The molecule has 1 fully saturated rings. The van der Waals surface area contributed by atoms with Crippen LogP contribution < -0.4 is 31.1 Å². The van der Waals surface area contributed by atoms with E-state index in [0.29, 0.717) is 40.5 Å². The van der Waals surface area contributed by atoms with Gasteiger partial charge in [-0.2, -0.15) is 0 Å². The number of carbonyl (C=O) groups is 3. The molecule has 1 aliphatic carbocycles. The van der Waals surface area contributed by atoms with Crippen molar-refractivity contribution in [2.45, 2.75) is 58.5 Å². The van der Waals surface area contributed by atoms with E-state index in [4.69, 9.17) is 9.47 Å². The number of halogens is 1. The largest absolute Gasteiger partial charge is 0.839 e. The summed E-state index contributed by atoms with van der Waals surface area (Å²) in [5, 5.41) is 23.3. The molecule has 50 heavy (non-hydrogen) atoms. The zero-order valence-electron chi connectivity index (χ0n) is 28.3.